The average molecular weight is 973 g/mol. The van der Waals surface area contributed by atoms with Crippen molar-refractivity contribution in [3.8, 4) is 0 Å². The first-order valence-corrected chi connectivity index (χ1v) is 22.9. The largest absolute Gasteiger partial charge is 0.459 e. The molecule has 0 aromatic heterocycles. The van der Waals surface area contributed by atoms with E-state index in [1.165, 1.54) is 55.9 Å². The van der Waals surface area contributed by atoms with Gasteiger partial charge in [-0.2, -0.15) is 0 Å². The van der Waals surface area contributed by atoms with Crippen LogP contribution in [0.2, 0.25) is 0 Å². The zero-order chi connectivity index (χ0) is 52.8. The van der Waals surface area contributed by atoms with E-state index in [9.17, 15) is 53.1 Å². The lowest BCUT2D eigenvalue weighted by Gasteiger charge is -2.38. The molecule has 0 aliphatic carbocycles. The summed E-state index contributed by atoms with van der Waals surface area (Å²) in [6.45, 7) is 18.1. The number of ketones is 1. The number of nitrogens with one attached hydrogen (secondary N) is 3. The second kappa shape index (κ2) is 26.5. The Kier molecular flexibility index (Phi) is 22.6. The molecule has 4 N–H and O–H groups in total. The number of ether oxygens (including phenoxy) is 4. The third-order valence-electron chi connectivity index (χ3n) is 12.1. The molecule has 0 bridgehead atoms. The van der Waals surface area contributed by atoms with Crippen LogP contribution < -0.4 is 16.0 Å². The van der Waals surface area contributed by atoms with Crippen molar-refractivity contribution in [3.05, 3.63) is 48.2 Å². The molecule has 21 nitrogen and oxygen atoms in total. The highest BCUT2D eigenvalue weighted by Gasteiger charge is 2.46. The number of aliphatic hydroxyl groups is 1. The van der Waals surface area contributed by atoms with Crippen LogP contribution in [0.15, 0.2) is 42.6 Å². The van der Waals surface area contributed by atoms with Crippen LogP contribution in [0.3, 0.4) is 0 Å². The van der Waals surface area contributed by atoms with Gasteiger partial charge in [0.2, 0.25) is 23.6 Å². The number of aliphatic hydroxyl groups excluding tert-OH is 1. The van der Waals surface area contributed by atoms with Crippen LogP contribution in [-0.2, 0) is 73.3 Å². The molecule has 21 heteroatoms. The first kappa shape index (κ1) is 58.9. The number of Topliss-reactive ketones (excluding diaryl/α,β-unsaturated/α-hetero) is 1. The predicted octanol–water partition coefficient (Wildman–Crippen LogP) is 0.831. The molecule has 1 aliphatic heterocycles. The van der Waals surface area contributed by atoms with Crippen molar-refractivity contribution in [2.24, 2.45) is 17.8 Å². The lowest BCUT2D eigenvalue weighted by Crippen LogP contribution is -2.63. The Hall–Kier alpha value is -6.22. The molecule has 0 radical (unpaired) electrons. The number of amides is 6. The molecule has 1 fully saturated rings. The molecular formula is C48H72N6O15. The number of benzene rings is 1. The first-order valence-electron chi connectivity index (χ1n) is 22.9. The fourth-order valence-corrected chi connectivity index (χ4v) is 7.36. The molecule has 1 aromatic carbocycles. The number of nitrogens with zero attached hydrogens (tertiary/aromatic N) is 3. The van der Waals surface area contributed by atoms with Crippen molar-refractivity contribution in [3.63, 3.8) is 0 Å². The van der Waals surface area contributed by atoms with Crippen molar-refractivity contribution < 1.29 is 72.0 Å². The van der Waals surface area contributed by atoms with E-state index in [4.69, 9.17) is 18.9 Å². The molecule has 1 aliphatic rings. The van der Waals surface area contributed by atoms with E-state index in [1.807, 2.05) is 0 Å². The number of rotatable bonds is 14. The molecule has 1 saturated heterocycles. The molecule has 0 spiro atoms. The van der Waals surface area contributed by atoms with Gasteiger partial charge in [-0.3, -0.25) is 38.4 Å². The zero-order valence-corrected chi connectivity index (χ0v) is 42.2. The molecule has 384 valence electrons. The Balaban J connectivity index is 2.90. The third-order valence-corrected chi connectivity index (χ3v) is 12.1. The van der Waals surface area contributed by atoms with Gasteiger partial charge < -0.3 is 54.7 Å². The van der Waals surface area contributed by atoms with Gasteiger partial charge in [-0.05, 0) is 45.1 Å². The van der Waals surface area contributed by atoms with Gasteiger partial charge >= 0.3 is 17.9 Å². The number of carbonyl (C=O) groups is 10. The molecule has 2 rings (SSSR count). The Morgan fingerprint density at radius 3 is 1.96 bits per heavy atom. The third kappa shape index (κ3) is 15.9. The fourth-order valence-electron chi connectivity index (χ4n) is 7.36. The van der Waals surface area contributed by atoms with Crippen LogP contribution in [0, 0.1) is 17.8 Å². The summed E-state index contributed by atoms with van der Waals surface area (Å²) in [6.07, 6.45) is -7.84. The van der Waals surface area contributed by atoms with E-state index in [2.05, 4.69) is 22.5 Å². The standard InChI is InChI=1S/C48H72N6O15/c1-16-33(56)23-34(39(57)24(2)3)46(63)69-40(25(4)5)37-45(62)54(14)38(30(10)66-15)48(65)67-29(9)36(50-31(11)55)47(64)68-35(22-32-20-18-17-19-21-32)44(61)53(13)27(7)41(58)49-26(6)43(60)52(12)28(8)42(59)51-37/h17-21,24-26,28-30,34-40,57H,7,16,22-23H2,1-6,8-15H3,(H,49,58)(H,50,55)(H,51,59)/t26-,28-,29+,30+,34-,35+,36-,37-,38-,39+,40+/m0/s1. The van der Waals surface area contributed by atoms with E-state index in [0.29, 0.717) is 5.56 Å². The van der Waals surface area contributed by atoms with Crippen LogP contribution in [0.25, 0.3) is 0 Å². The molecular weight excluding hydrogens is 901 g/mol. The highest BCUT2D eigenvalue weighted by molar-refractivity contribution is 6.01. The Labute approximate surface area is 404 Å². The summed E-state index contributed by atoms with van der Waals surface area (Å²) < 4.78 is 23.0. The summed E-state index contributed by atoms with van der Waals surface area (Å²) >= 11 is 0. The van der Waals surface area contributed by atoms with E-state index in [-0.39, 0.29) is 25.0 Å². The second-order valence-corrected chi connectivity index (χ2v) is 18.0. The lowest BCUT2D eigenvalue weighted by molar-refractivity contribution is -0.175. The molecule has 6 amide bonds. The first-order chi connectivity index (χ1) is 32.1. The number of hydrogen-bond acceptors (Lipinski definition) is 15. The topological polar surface area (TPSA) is 274 Å². The molecule has 1 aromatic rings. The van der Waals surface area contributed by atoms with Gasteiger partial charge in [0, 0.05) is 54.4 Å². The summed E-state index contributed by atoms with van der Waals surface area (Å²) in [6, 6.07) is 0.391. The van der Waals surface area contributed by atoms with Crippen molar-refractivity contribution in [2.45, 2.75) is 149 Å². The number of hydrogen-bond donors (Lipinski definition) is 4. The van der Waals surface area contributed by atoms with Crippen LogP contribution in [0.1, 0.15) is 87.6 Å². The zero-order valence-electron chi connectivity index (χ0n) is 42.2. The second-order valence-electron chi connectivity index (χ2n) is 18.0. The van der Waals surface area contributed by atoms with Crippen molar-refractivity contribution in [1.82, 2.24) is 30.7 Å². The number of likely N-dealkylation sites (N-methyl/N-ethyl adjacent to an activating group) is 3. The minimum absolute atomic E-state index is 0.0530. The van der Waals surface area contributed by atoms with Gasteiger partial charge in [0.25, 0.3) is 11.8 Å². The van der Waals surface area contributed by atoms with E-state index in [1.54, 1.807) is 65.0 Å². The quantitative estimate of drug-likeness (QED) is 0.114. The predicted molar refractivity (Wildman–Crippen MR) is 249 cm³/mol. The van der Waals surface area contributed by atoms with E-state index >= 15 is 0 Å². The van der Waals surface area contributed by atoms with Crippen molar-refractivity contribution in [1.29, 1.82) is 0 Å². The van der Waals surface area contributed by atoms with Gasteiger partial charge in [0.1, 0.15) is 41.8 Å². The van der Waals surface area contributed by atoms with Crippen LogP contribution in [-0.4, -0.2) is 168 Å². The van der Waals surface area contributed by atoms with Crippen LogP contribution >= 0.6 is 0 Å². The number of carbonyl (C=O) groups excluding carboxylic acids is 10. The SMILES string of the molecule is C=C1C(=O)N[C@@H](C)C(=O)N(C)[C@@H](C)C(=O)N[C@@H]([C@H](OC(=O)[C@@H](CC(=O)CC)[C@H](O)C(C)C)C(C)C)C(=O)N(C)[C@@H]([C@@H](C)OC)C(=O)O[C@H](C)[C@H](NC(C)=O)C(=O)O[C@H](Cc2ccccc2)C(=O)N1C. The number of cyclic esters (lactones) is 2. The molecule has 0 unspecified atom stereocenters. The molecule has 0 saturated carbocycles. The summed E-state index contributed by atoms with van der Waals surface area (Å²) in [4.78, 5) is 141. The number of methoxy groups -OCH3 is 1. The summed E-state index contributed by atoms with van der Waals surface area (Å²) in [7, 11) is 4.87. The smallest absolute Gasteiger partial charge is 0.333 e. The fraction of sp³-hybridized carbons (Fsp3) is 0.625. The average Bonchev–Trinajstić information content (AvgIpc) is 3.30. The van der Waals surface area contributed by atoms with Crippen LogP contribution in [0.5, 0.6) is 0 Å². The minimum Gasteiger partial charge on any atom is -0.459 e. The summed E-state index contributed by atoms with van der Waals surface area (Å²) in [5, 5.41) is 18.5. The maximum atomic E-state index is 15.0. The maximum Gasteiger partial charge on any atom is 0.333 e. The van der Waals surface area contributed by atoms with Gasteiger partial charge in [0.05, 0.1) is 18.1 Å². The molecule has 69 heavy (non-hydrogen) atoms. The minimum atomic E-state index is -1.83. The highest BCUT2D eigenvalue weighted by Crippen LogP contribution is 2.25. The summed E-state index contributed by atoms with van der Waals surface area (Å²) in [5.41, 5.74) is 0.0614. The van der Waals surface area contributed by atoms with Gasteiger partial charge in [-0.1, -0.05) is 71.5 Å². The number of esters is 3. The normalized spacial score (nSPS) is 25.1. The monoisotopic (exact) mass is 973 g/mol. The molecule has 11 atom stereocenters. The maximum absolute atomic E-state index is 15.0. The Morgan fingerprint density at radius 1 is 0.841 bits per heavy atom. The van der Waals surface area contributed by atoms with Gasteiger partial charge in [-0.25, -0.2) is 9.59 Å². The van der Waals surface area contributed by atoms with E-state index in [0.717, 1.165) is 21.6 Å². The van der Waals surface area contributed by atoms with E-state index < -0.39 is 138 Å². The van der Waals surface area contributed by atoms with Gasteiger partial charge in [-0.15, -0.1) is 0 Å². The van der Waals surface area contributed by atoms with Crippen LogP contribution in [0.4, 0.5) is 0 Å². The Bertz CT molecular complexity index is 2050. The van der Waals surface area contributed by atoms with Gasteiger partial charge in [0.15, 0.2) is 18.2 Å². The molecule has 1 heterocycles. The Morgan fingerprint density at radius 2 is 1.43 bits per heavy atom. The van der Waals surface area contributed by atoms with Crippen molar-refractivity contribution >= 4 is 59.1 Å². The lowest BCUT2D eigenvalue weighted by atomic mass is 9.88. The highest BCUT2D eigenvalue weighted by atomic mass is 16.6. The summed E-state index contributed by atoms with van der Waals surface area (Å²) in [5.74, 6) is -11.9. The van der Waals surface area contributed by atoms with Crippen molar-refractivity contribution in [2.75, 3.05) is 28.3 Å².